The quantitative estimate of drug-likeness (QED) is 0.783. The number of pyridine rings is 1. The maximum Gasteiger partial charge on any atom is 0.252 e. The molecule has 0 radical (unpaired) electrons. The Morgan fingerprint density at radius 1 is 1.17 bits per heavy atom. The maximum absolute atomic E-state index is 11.8. The molecule has 0 aliphatic rings. The van der Waals surface area contributed by atoms with E-state index < -0.39 is 0 Å². The lowest BCUT2D eigenvalue weighted by Gasteiger charge is -2.22. The molecule has 1 aromatic carbocycles. The monoisotopic (exact) mass is 326 g/mol. The Kier molecular flexibility index (Phi) is 6.75. The van der Waals surface area contributed by atoms with Gasteiger partial charge in [0.05, 0.1) is 11.6 Å². The summed E-state index contributed by atoms with van der Waals surface area (Å²) in [4.78, 5) is 18.4. The van der Waals surface area contributed by atoms with Crippen LogP contribution in [0.15, 0.2) is 48.7 Å². The molecule has 0 aliphatic carbocycles. The third-order valence-electron chi connectivity index (χ3n) is 3.75. The summed E-state index contributed by atoms with van der Waals surface area (Å²) < 4.78 is 0. The Morgan fingerprint density at radius 2 is 1.92 bits per heavy atom. The number of carbonyl (C=O) groups is 1. The van der Waals surface area contributed by atoms with Crippen LogP contribution in [0.3, 0.4) is 0 Å². The molecule has 2 N–H and O–H groups in total. The van der Waals surface area contributed by atoms with Crippen molar-refractivity contribution in [3.05, 3.63) is 59.8 Å². The molecule has 5 heteroatoms. The van der Waals surface area contributed by atoms with Crippen LogP contribution < -0.4 is 10.6 Å². The van der Waals surface area contributed by atoms with Gasteiger partial charge in [-0.3, -0.25) is 4.79 Å². The van der Waals surface area contributed by atoms with Crippen molar-refractivity contribution in [2.45, 2.75) is 19.4 Å². The Balaban J connectivity index is 2.09. The summed E-state index contributed by atoms with van der Waals surface area (Å²) in [5, 5.41) is 6.26. The highest BCUT2D eigenvalue weighted by atomic mass is 16.1. The Hall–Kier alpha value is -2.40. The van der Waals surface area contributed by atoms with Gasteiger partial charge in [0.1, 0.15) is 5.82 Å². The summed E-state index contributed by atoms with van der Waals surface area (Å²) >= 11 is 0. The van der Waals surface area contributed by atoms with Crippen LogP contribution in [0.25, 0.3) is 0 Å². The third-order valence-corrected chi connectivity index (χ3v) is 3.75. The summed E-state index contributed by atoms with van der Waals surface area (Å²) in [6.45, 7) is 3.49. The minimum absolute atomic E-state index is 0.0937. The molecule has 2 rings (SSSR count). The lowest BCUT2D eigenvalue weighted by atomic mass is 10.0. The number of anilines is 1. The van der Waals surface area contributed by atoms with Crippen molar-refractivity contribution in [1.82, 2.24) is 15.2 Å². The fourth-order valence-corrected chi connectivity index (χ4v) is 2.45. The van der Waals surface area contributed by atoms with Crippen molar-refractivity contribution < 1.29 is 4.79 Å². The smallest absolute Gasteiger partial charge is 0.252 e. The number of rotatable bonds is 8. The Morgan fingerprint density at radius 3 is 2.50 bits per heavy atom. The summed E-state index contributed by atoms with van der Waals surface area (Å²) in [5.74, 6) is 0.680. The van der Waals surface area contributed by atoms with Gasteiger partial charge < -0.3 is 15.5 Å². The standard InChI is InChI=1S/C19H26N4O/c1-4-20-19(24)16-10-11-18(21-14-16)22-17(12-13-23(2)3)15-8-6-5-7-9-15/h5-11,14,17H,4,12-13H2,1-3H3,(H,20,24)(H,21,22). The van der Waals surface area contributed by atoms with Crippen LogP contribution in [0.2, 0.25) is 0 Å². The van der Waals surface area contributed by atoms with Crippen LogP contribution in [0.5, 0.6) is 0 Å². The predicted molar refractivity (Wildman–Crippen MR) is 98.2 cm³/mol. The molecule has 1 atom stereocenters. The number of hydrogen-bond donors (Lipinski definition) is 2. The topological polar surface area (TPSA) is 57.3 Å². The highest BCUT2D eigenvalue weighted by Gasteiger charge is 2.13. The highest BCUT2D eigenvalue weighted by molar-refractivity contribution is 5.93. The minimum Gasteiger partial charge on any atom is -0.363 e. The Labute approximate surface area is 144 Å². The number of nitrogens with zero attached hydrogens (tertiary/aromatic N) is 2. The van der Waals surface area contributed by atoms with Gasteiger partial charge >= 0.3 is 0 Å². The van der Waals surface area contributed by atoms with Gasteiger partial charge in [0.15, 0.2) is 0 Å². The number of nitrogens with one attached hydrogen (secondary N) is 2. The second-order valence-corrected chi connectivity index (χ2v) is 5.99. The van der Waals surface area contributed by atoms with Crippen LogP contribution in [0.4, 0.5) is 5.82 Å². The normalized spacial score (nSPS) is 12.0. The molecule has 1 amide bonds. The average Bonchev–Trinajstić information content (AvgIpc) is 2.60. The van der Waals surface area contributed by atoms with Gasteiger partial charge in [-0.2, -0.15) is 0 Å². The highest BCUT2D eigenvalue weighted by Crippen LogP contribution is 2.21. The molecule has 2 aromatic rings. The van der Waals surface area contributed by atoms with Crippen molar-refractivity contribution in [2.75, 3.05) is 32.5 Å². The molecule has 24 heavy (non-hydrogen) atoms. The van der Waals surface area contributed by atoms with Gasteiger partial charge in [-0.05, 0) is 51.7 Å². The zero-order valence-electron chi connectivity index (χ0n) is 14.6. The summed E-state index contributed by atoms with van der Waals surface area (Å²) in [6, 6.07) is 14.2. The molecular formula is C19H26N4O. The van der Waals surface area contributed by atoms with Crippen LogP contribution in [0.1, 0.15) is 35.3 Å². The van der Waals surface area contributed by atoms with Crippen molar-refractivity contribution in [2.24, 2.45) is 0 Å². The third kappa shape index (κ3) is 5.35. The van der Waals surface area contributed by atoms with Crippen molar-refractivity contribution in [3.63, 3.8) is 0 Å². The van der Waals surface area contributed by atoms with Gasteiger partial charge in [-0.25, -0.2) is 4.98 Å². The van der Waals surface area contributed by atoms with Gasteiger partial charge in [0, 0.05) is 12.7 Å². The molecule has 5 nitrogen and oxygen atoms in total. The molecule has 0 bridgehead atoms. The van der Waals surface area contributed by atoms with E-state index in [0.717, 1.165) is 18.8 Å². The molecule has 0 saturated heterocycles. The summed E-state index contributed by atoms with van der Waals surface area (Å²) in [7, 11) is 4.14. The minimum atomic E-state index is -0.0937. The lowest BCUT2D eigenvalue weighted by molar-refractivity contribution is 0.0955. The van der Waals surface area contributed by atoms with E-state index in [4.69, 9.17) is 0 Å². The van der Waals surface area contributed by atoms with Crippen molar-refractivity contribution in [1.29, 1.82) is 0 Å². The molecule has 0 aliphatic heterocycles. The average molecular weight is 326 g/mol. The Bertz CT molecular complexity index is 626. The zero-order chi connectivity index (χ0) is 17.4. The summed E-state index contributed by atoms with van der Waals surface area (Å²) in [6.07, 6.45) is 2.58. The first-order chi connectivity index (χ1) is 11.6. The van der Waals surface area contributed by atoms with E-state index in [1.165, 1.54) is 5.56 Å². The first-order valence-electron chi connectivity index (χ1n) is 8.30. The second kappa shape index (κ2) is 9.03. The number of aromatic nitrogens is 1. The lowest BCUT2D eigenvalue weighted by Crippen LogP contribution is -2.23. The van der Waals surface area contributed by atoms with Gasteiger partial charge in [0.25, 0.3) is 5.91 Å². The van der Waals surface area contributed by atoms with Gasteiger partial charge in [-0.15, -0.1) is 0 Å². The largest absolute Gasteiger partial charge is 0.363 e. The van der Waals surface area contributed by atoms with E-state index in [-0.39, 0.29) is 11.9 Å². The molecule has 0 fully saturated rings. The van der Waals surface area contributed by atoms with E-state index in [1.54, 1.807) is 12.3 Å². The molecule has 0 spiro atoms. The van der Waals surface area contributed by atoms with Gasteiger partial charge in [0.2, 0.25) is 0 Å². The van der Waals surface area contributed by atoms with Crippen LogP contribution in [-0.2, 0) is 0 Å². The van der Waals surface area contributed by atoms with E-state index in [9.17, 15) is 4.79 Å². The number of amides is 1. The molecular weight excluding hydrogens is 300 g/mol. The van der Waals surface area contributed by atoms with E-state index in [0.29, 0.717) is 12.1 Å². The molecule has 1 unspecified atom stereocenters. The summed E-state index contributed by atoms with van der Waals surface area (Å²) in [5.41, 5.74) is 1.81. The fourth-order valence-electron chi connectivity index (χ4n) is 2.45. The number of benzene rings is 1. The molecule has 0 saturated carbocycles. The fraction of sp³-hybridized carbons (Fsp3) is 0.368. The van der Waals surface area contributed by atoms with Crippen LogP contribution >= 0.6 is 0 Å². The first-order valence-corrected chi connectivity index (χ1v) is 8.30. The SMILES string of the molecule is CCNC(=O)c1ccc(NC(CCN(C)C)c2ccccc2)nc1. The van der Waals surface area contributed by atoms with E-state index >= 15 is 0 Å². The van der Waals surface area contributed by atoms with E-state index in [1.807, 2.05) is 31.2 Å². The van der Waals surface area contributed by atoms with E-state index in [2.05, 4.69) is 46.7 Å². The maximum atomic E-state index is 11.8. The molecule has 1 heterocycles. The zero-order valence-corrected chi connectivity index (χ0v) is 14.6. The molecule has 128 valence electrons. The van der Waals surface area contributed by atoms with Crippen LogP contribution in [-0.4, -0.2) is 43.0 Å². The number of hydrogen-bond acceptors (Lipinski definition) is 4. The second-order valence-electron chi connectivity index (χ2n) is 5.99. The predicted octanol–water partition coefficient (Wildman–Crippen LogP) is 2.94. The van der Waals surface area contributed by atoms with Crippen molar-refractivity contribution >= 4 is 11.7 Å². The van der Waals surface area contributed by atoms with Gasteiger partial charge in [-0.1, -0.05) is 30.3 Å². The van der Waals surface area contributed by atoms with Crippen molar-refractivity contribution in [3.8, 4) is 0 Å². The first kappa shape index (κ1) is 17.9. The molecule has 1 aromatic heterocycles. The van der Waals surface area contributed by atoms with Crippen LogP contribution in [0, 0.1) is 0 Å². The number of carbonyl (C=O) groups excluding carboxylic acids is 1.